The zero-order valence-electron chi connectivity index (χ0n) is 22.1. The van der Waals surface area contributed by atoms with Crippen LogP contribution in [0.2, 0.25) is 0 Å². The van der Waals surface area contributed by atoms with Gasteiger partial charge in [0.05, 0.1) is 7.11 Å². The second-order valence-corrected chi connectivity index (χ2v) is 10.1. The Morgan fingerprint density at radius 3 is 2.19 bits per heavy atom. The minimum absolute atomic E-state index is 0.0880. The van der Waals surface area contributed by atoms with Crippen molar-refractivity contribution >= 4 is 22.7 Å². The van der Waals surface area contributed by atoms with Gasteiger partial charge >= 0.3 is 0 Å². The highest BCUT2D eigenvalue weighted by molar-refractivity contribution is 5.74. The molecular weight excluding hydrogens is 464 g/mol. The van der Waals surface area contributed by atoms with E-state index in [1.165, 1.54) is 5.56 Å². The molecule has 0 aliphatic carbocycles. The summed E-state index contributed by atoms with van der Waals surface area (Å²) in [5.41, 5.74) is 2.43. The molecule has 0 radical (unpaired) electrons. The Morgan fingerprint density at radius 1 is 0.865 bits per heavy atom. The van der Waals surface area contributed by atoms with Crippen LogP contribution in [-0.2, 0) is 0 Å². The molecule has 37 heavy (non-hydrogen) atoms. The van der Waals surface area contributed by atoms with Gasteiger partial charge in [0, 0.05) is 29.5 Å². The maximum absolute atomic E-state index is 12.3. The molecule has 0 aliphatic rings. The van der Waals surface area contributed by atoms with Crippen molar-refractivity contribution < 1.29 is 9.47 Å². The molecule has 0 heterocycles. The maximum Gasteiger partial charge on any atom is 0.272 e. The van der Waals surface area contributed by atoms with Gasteiger partial charge in [0.1, 0.15) is 17.0 Å². The van der Waals surface area contributed by atoms with Crippen molar-refractivity contribution in [2.24, 2.45) is 0 Å². The van der Waals surface area contributed by atoms with Gasteiger partial charge < -0.3 is 19.7 Å². The lowest BCUT2D eigenvalue weighted by atomic mass is 9.95. The second kappa shape index (κ2) is 10.9. The Hall–Kier alpha value is -4.06. The lowest BCUT2D eigenvalue weighted by Gasteiger charge is -2.30. The van der Waals surface area contributed by atoms with Crippen molar-refractivity contribution in [3.8, 4) is 11.5 Å². The normalized spacial score (nSPS) is 12.2. The minimum Gasteiger partial charge on any atom is -0.497 e. The van der Waals surface area contributed by atoms with E-state index in [0.29, 0.717) is 11.6 Å². The molecule has 4 aromatic rings. The second-order valence-electron chi connectivity index (χ2n) is 10.1. The molecule has 4 aromatic carbocycles. The third kappa shape index (κ3) is 6.02. The largest absolute Gasteiger partial charge is 0.497 e. The smallest absolute Gasteiger partial charge is 0.272 e. The zero-order chi connectivity index (χ0) is 26.6. The molecule has 0 saturated carbocycles. The topological polar surface area (TPSA) is 67.9 Å². The first-order chi connectivity index (χ1) is 17.7. The summed E-state index contributed by atoms with van der Waals surface area (Å²) in [5.74, 6) is 1.19. The van der Waals surface area contributed by atoms with Crippen LogP contribution in [0.15, 0.2) is 88.5 Å². The fourth-order valence-electron chi connectivity index (χ4n) is 4.32. The van der Waals surface area contributed by atoms with E-state index in [1.807, 2.05) is 75.4 Å². The average molecular weight is 499 g/mol. The Bertz CT molecular complexity index is 1400. The first-order valence-corrected chi connectivity index (χ1v) is 12.6. The summed E-state index contributed by atoms with van der Waals surface area (Å²) >= 11 is 0. The summed E-state index contributed by atoms with van der Waals surface area (Å²) in [7, 11) is 1.66. The van der Waals surface area contributed by atoms with Crippen LogP contribution < -0.4 is 30.5 Å². The summed E-state index contributed by atoms with van der Waals surface area (Å²) in [6, 6.07) is 26.3. The van der Waals surface area contributed by atoms with E-state index in [-0.39, 0.29) is 11.4 Å². The summed E-state index contributed by atoms with van der Waals surface area (Å²) in [5, 5.41) is 3.13. The van der Waals surface area contributed by atoms with Crippen molar-refractivity contribution in [1.82, 2.24) is 0 Å². The average Bonchev–Trinajstić information content (AvgIpc) is 2.91. The van der Waals surface area contributed by atoms with Crippen LogP contribution in [0, 0.1) is 0 Å². The number of hydrogen-bond acceptors (Lipinski definition) is 6. The monoisotopic (exact) mass is 498 g/mol. The van der Waals surface area contributed by atoms with E-state index < -0.39 is 16.5 Å². The van der Waals surface area contributed by atoms with Gasteiger partial charge in [0.25, 0.3) is 10.9 Å². The van der Waals surface area contributed by atoms with Gasteiger partial charge in [0.15, 0.2) is 5.75 Å². The third-order valence-electron chi connectivity index (χ3n) is 6.25. The number of hydrogen-bond donors (Lipinski definition) is 1. The fraction of sp³-hybridized carbons (Fsp3) is 0.290. The molecule has 192 valence electrons. The number of nitrogens with zero attached hydrogens (tertiary/aromatic N) is 1. The molecule has 0 fully saturated rings. The van der Waals surface area contributed by atoms with Crippen LogP contribution in [0.3, 0.4) is 0 Å². The Balaban J connectivity index is 1.68. The number of anilines is 4. The van der Waals surface area contributed by atoms with Crippen molar-refractivity contribution in [1.29, 1.82) is 0 Å². The molecule has 1 N–H and O–H groups in total. The highest BCUT2D eigenvalue weighted by atomic mass is 16.5. The van der Waals surface area contributed by atoms with E-state index in [9.17, 15) is 9.59 Å². The molecular formula is C31H34N2O4. The molecule has 0 saturated heterocycles. The van der Waals surface area contributed by atoms with Crippen LogP contribution >= 0.6 is 0 Å². The molecule has 1 unspecified atom stereocenters. The highest BCUT2D eigenvalue weighted by Gasteiger charge is 2.27. The van der Waals surface area contributed by atoms with Gasteiger partial charge in [-0.05, 0) is 75.2 Å². The standard InChI is InChI=1S/C31H34N2O4/c1-6-21(22-11-8-7-9-12-22)20-33(24-15-17-26(36-5)18-16-24)25-14-10-13-23(19-25)32-27-28(34)29(35)30(27)37-31(2,3)4/h7-19,21,32H,6,20H2,1-5H3. The molecule has 6 nitrogen and oxygen atoms in total. The molecule has 0 spiro atoms. The van der Waals surface area contributed by atoms with Crippen LogP contribution in [0.4, 0.5) is 22.7 Å². The first kappa shape index (κ1) is 26.0. The van der Waals surface area contributed by atoms with Crippen LogP contribution in [-0.4, -0.2) is 19.3 Å². The predicted molar refractivity (Wildman–Crippen MR) is 151 cm³/mol. The van der Waals surface area contributed by atoms with Crippen LogP contribution in [0.25, 0.3) is 0 Å². The summed E-state index contributed by atoms with van der Waals surface area (Å²) < 4.78 is 11.1. The predicted octanol–water partition coefficient (Wildman–Crippen LogP) is 6.54. The van der Waals surface area contributed by atoms with Crippen molar-refractivity contribution in [2.45, 2.75) is 45.6 Å². The highest BCUT2D eigenvalue weighted by Crippen LogP contribution is 2.34. The third-order valence-corrected chi connectivity index (χ3v) is 6.25. The number of ether oxygens (including phenoxy) is 2. The van der Waals surface area contributed by atoms with E-state index in [2.05, 4.69) is 41.4 Å². The van der Waals surface area contributed by atoms with Gasteiger partial charge in [0.2, 0.25) is 0 Å². The number of rotatable bonds is 10. The van der Waals surface area contributed by atoms with Gasteiger partial charge in [-0.2, -0.15) is 0 Å². The molecule has 0 amide bonds. The molecule has 0 aliphatic heterocycles. The minimum atomic E-state index is -0.595. The molecule has 1 atom stereocenters. The Morgan fingerprint density at radius 2 is 1.57 bits per heavy atom. The van der Waals surface area contributed by atoms with E-state index in [4.69, 9.17) is 9.47 Å². The van der Waals surface area contributed by atoms with Crippen molar-refractivity contribution in [2.75, 3.05) is 23.9 Å². The fourth-order valence-corrected chi connectivity index (χ4v) is 4.32. The maximum atomic E-state index is 12.3. The lowest BCUT2D eigenvalue weighted by molar-refractivity contribution is 0.128. The summed E-state index contributed by atoms with van der Waals surface area (Å²) in [6.07, 6.45) is 0.978. The van der Waals surface area contributed by atoms with E-state index in [1.54, 1.807) is 7.11 Å². The van der Waals surface area contributed by atoms with Crippen LogP contribution in [0.1, 0.15) is 45.6 Å². The van der Waals surface area contributed by atoms with Crippen molar-refractivity contribution in [3.05, 3.63) is 105 Å². The van der Waals surface area contributed by atoms with Crippen LogP contribution in [0.5, 0.6) is 11.5 Å². The number of methoxy groups -OCH3 is 1. The molecule has 0 aromatic heterocycles. The van der Waals surface area contributed by atoms with Gasteiger partial charge in [-0.25, -0.2) is 0 Å². The zero-order valence-corrected chi connectivity index (χ0v) is 22.1. The van der Waals surface area contributed by atoms with E-state index >= 15 is 0 Å². The summed E-state index contributed by atoms with van der Waals surface area (Å²) in [6.45, 7) is 8.49. The number of nitrogens with one attached hydrogen (secondary N) is 1. The Kier molecular flexibility index (Phi) is 7.67. The first-order valence-electron chi connectivity index (χ1n) is 12.6. The van der Waals surface area contributed by atoms with Gasteiger partial charge in [-0.1, -0.05) is 43.3 Å². The van der Waals surface area contributed by atoms with Gasteiger partial charge in [-0.3, -0.25) is 9.59 Å². The molecule has 6 heteroatoms. The Labute approximate surface area is 218 Å². The van der Waals surface area contributed by atoms with Gasteiger partial charge in [-0.15, -0.1) is 0 Å². The molecule has 4 rings (SSSR count). The summed E-state index contributed by atoms with van der Waals surface area (Å²) in [4.78, 5) is 26.7. The number of benzene rings is 3. The molecule has 0 bridgehead atoms. The lowest BCUT2D eigenvalue weighted by Crippen LogP contribution is -2.39. The van der Waals surface area contributed by atoms with Crippen molar-refractivity contribution in [3.63, 3.8) is 0 Å². The SMILES string of the molecule is CCC(CN(c1ccc(OC)cc1)c1cccc(Nc2c(OC(C)(C)C)c(=O)c2=O)c1)c1ccccc1. The van der Waals surface area contributed by atoms with E-state index in [0.717, 1.165) is 30.1 Å². The quantitative estimate of drug-likeness (QED) is 0.250.